The lowest BCUT2D eigenvalue weighted by molar-refractivity contribution is 0.147. The van der Waals surface area contributed by atoms with Crippen LogP contribution in [0.1, 0.15) is 22.6 Å². The van der Waals surface area contributed by atoms with Gasteiger partial charge in [0.15, 0.2) is 0 Å². The van der Waals surface area contributed by atoms with Crippen LogP contribution in [0.15, 0.2) is 24.3 Å². The molecule has 0 fully saturated rings. The van der Waals surface area contributed by atoms with Crippen molar-refractivity contribution >= 4 is 11.6 Å². The van der Waals surface area contributed by atoms with Crippen molar-refractivity contribution < 1.29 is 5.11 Å². The Morgan fingerprint density at radius 2 is 1.80 bits per heavy atom. The highest BCUT2D eigenvalue weighted by atomic mass is 35.5. The Kier molecular flexibility index (Phi) is 1.22. The molecule has 0 aliphatic heterocycles. The van der Waals surface area contributed by atoms with Crippen molar-refractivity contribution in [3.63, 3.8) is 0 Å². The molecule has 0 amide bonds. The summed E-state index contributed by atoms with van der Waals surface area (Å²) in [6.45, 7) is 0. The second-order valence-corrected chi connectivity index (χ2v) is 2.95. The molecule has 0 spiro atoms. The smallest absolute Gasteiger partial charge is 0.0998 e. The van der Waals surface area contributed by atoms with E-state index in [9.17, 15) is 5.11 Å². The van der Waals surface area contributed by atoms with Crippen LogP contribution < -0.4 is 0 Å². The summed E-state index contributed by atoms with van der Waals surface area (Å²) in [7, 11) is 0. The average Bonchev–Trinajstić information content (AvgIpc) is 2.03. The van der Waals surface area contributed by atoms with Crippen molar-refractivity contribution in [3.8, 4) is 0 Å². The number of alkyl halides is 1. The molecule has 1 aromatic carbocycles. The lowest BCUT2D eigenvalue weighted by atomic mass is 9.85. The van der Waals surface area contributed by atoms with Gasteiger partial charge in [-0.1, -0.05) is 24.3 Å². The fourth-order valence-electron chi connectivity index (χ4n) is 1.26. The predicted octanol–water partition coefficient (Wildman–Crippen LogP) is 2.01. The van der Waals surface area contributed by atoms with E-state index in [4.69, 9.17) is 11.6 Å². The van der Waals surface area contributed by atoms with Gasteiger partial charge in [-0.05, 0) is 11.1 Å². The fourth-order valence-corrected chi connectivity index (χ4v) is 1.60. The molecule has 2 rings (SSSR count). The van der Waals surface area contributed by atoms with Crippen LogP contribution in [0.4, 0.5) is 0 Å². The van der Waals surface area contributed by atoms with E-state index < -0.39 is 6.10 Å². The molecular formula is C8H7ClO. The van der Waals surface area contributed by atoms with Crippen LogP contribution in [0.2, 0.25) is 0 Å². The molecule has 0 saturated carbocycles. The van der Waals surface area contributed by atoms with E-state index in [0.29, 0.717) is 0 Å². The number of aliphatic hydroxyl groups excluding tert-OH is 1. The van der Waals surface area contributed by atoms with Gasteiger partial charge in [-0.3, -0.25) is 0 Å². The topological polar surface area (TPSA) is 20.2 Å². The molecule has 1 N–H and O–H groups in total. The molecule has 1 unspecified atom stereocenters. The number of rotatable bonds is 0. The van der Waals surface area contributed by atoms with Crippen molar-refractivity contribution in [2.45, 2.75) is 11.5 Å². The van der Waals surface area contributed by atoms with Gasteiger partial charge in [0.1, 0.15) is 0 Å². The molecule has 1 nitrogen and oxygen atoms in total. The quantitative estimate of drug-likeness (QED) is 0.567. The molecule has 1 aromatic rings. The molecule has 1 aliphatic rings. The summed E-state index contributed by atoms with van der Waals surface area (Å²) >= 11 is 5.78. The summed E-state index contributed by atoms with van der Waals surface area (Å²) in [5.74, 6) is 0. The molecule has 2 atom stereocenters. The summed E-state index contributed by atoms with van der Waals surface area (Å²) in [5, 5.41) is 9.05. The Bertz CT molecular complexity index is 232. The Labute approximate surface area is 64.3 Å². The van der Waals surface area contributed by atoms with Crippen LogP contribution in [-0.4, -0.2) is 5.11 Å². The monoisotopic (exact) mass is 154 g/mol. The van der Waals surface area contributed by atoms with Crippen molar-refractivity contribution in [2.75, 3.05) is 0 Å². The SMILES string of the molecule is OC1c2ccccc2[C@H]1Cl. The Hall–Kier alpha value is -0.530. The number of aliphatic hydroxyl groups is 1. The van der Waals surface area contributed by atoms with E-state index in [-0.39, 0.29) is 5.38 Å². The van der Waals surface area contributed by atoms with Crippen LogP contribution in [0.5, 0.6) is 0 Å². The summed E-state index contributed by atoms with van der Waals surface area (Å²) in [6, 6.07) is 7.68. The first-order valence-electron chi connectivity index (χ1n) is 3.21. The minimum absolute atomic E-state index is 0.184. The molecule has 10 heavy (non-hydrogen) atoms. The van der Waals surface area contributed by atoms with Gasteiger partial charge in [0.2, 0.25) is 0 Å². The van der Waals surface area contributed by atoms with Gasteiger partial charge >= 0.3 is 0 Å². The first kappa shape index (κ1) is 6.20. The second kappa shape index (κ2) is 1.97. The molecular weight excluding hydrogens is 148 g/mol. The number of halogens is 1. The third-order valence-corrected chi connectivity index (χ3v) is 2.36. The third-order valence-electron chi connectivity index (χ3n) is 1.89. The number of hydrogen-bond donors (Lipinski definition) is 1. The van der Waals surface area contributed by atoms with Gasteiger partial charge in [0.25, 0.3) is 0 Å². The number of fused-ring (bicyclic) bond motifs is 1. The highest BCUT2D eigenvalue weighted by Gasteiger charge is 2.33. The minimum atomic E-state index is -0.446. The summed E-state index contributed by atoms with van der Waals surface area (Å²) < 4.78 is 0. The van der Waals surface area contributed by atoms with Gasteiger partial charge in [0, 0.05) is 0 Å². The molecule has 1 aliphatic carbocycles. The lowest BCUT2D eigenvalue weighted by Crippen LogP contribution is -2.18. The van der Waals surface area contributed by atoms with E-state index in [1.54, 1.807) is 0 Å². The fraction of sp³-hybridized carbons (Fsp3) is 0.250. The predicted molar refractivity (Wildman–Crippen MR) is 40.0 cm³/mol. The van der Waals surface area contributed by atoms with E-state index in [1.807, 2.05) is 24.3 Å². The van der Waals surface area contributed by atoms with Crippen LogP contribution in [-0.2, 0) is 0 Å². The Morgan fingerprint density at radius 1 is 1.20 bits per heavy atom. The largest absolute Gasteiger partial charge is 0.386 e. The van der Waals surface area contributed by atoms with E-state index in [2.05, 4.69) is 0 Å². The zero-order chi connectivity index (χ0) is 7.14. The second-order valence-electron chi connectivity index (χ2n) is 2.48. The molecule has 0 heterocycles. The molecule has 52 valence electrons. The van der Waals surface area contributed by atoms with Crippen molar-refractivity contribution in [1.29, 1.82) is 0 Å². The lowest BCUT2D eigenvalue weighted by Gasteiger charge is -2.30. The van der Waals surface area contributed by atoms with E-state index in [1.165, 1.54) is 0 Å². The van der Waals surface area contributed by atoms with Crippen molar-refractivity contribution in [3.05, 3.63) is 35.4 Å². The van der Waals surface area contributed by atoms with E-state index in [0.717, 1.165) is 11.1 Å². The van der Waals surface area contributed by atoms with Gasteiger partial charge in [-0.15, -0.1) is 11.6 Å². The summed E-state index contributed by atoms with van der Waals surface area (Å²) in [4.78, 5) is 0. The maximum atomic E-state index is 9.24. The highest BCUT2D eigenvalue weighted by Crippen LogP contribution is 2.46. The van der Waals surface area contributed by atoms with Crippen LogP contribution >= 0.6 is 11.6 Å². The maximum Gasteiger partial charge on any atom is 0.0998 e. The number of benzene rings is 1. The van der Waals surface area contributed by atoms with Gasteiger partial charge < -0.3 is 5.11 Å². The average molecular weight is 155 g/mol. The minimum Gasteiger partial charge on any atom is -0.386 e. The van der Waals surface area contributed by atoms with Gasteiger partial charge in [-0.2, -0.15) is 0 Å². The van der Waals surface area contributed by atoms with Crippen LogP contribution in [0.3, 0.4) is 0 Å². The Morgan fingerprint density at radius 3 is 2.40 bits per heavy atom. The molecule has 0 aromatic heterocycles. The highest BCUT2D eigenvalue weighted by molar-refractivity contribution is 6.22. The third kappa shape index (κ3) is 0.619. The zero-order valence-corrected chi connectivity index (χ0v) is 6.05. The number of hydrogen-bond acceptors (Lipinski definition) is 1. The standard InChI is InChI=1S/C8H7ClO/c9-7-5-3-1-2-4-6(5)8(7)10/h1-4,7-8,10H/t7-,8?/m1/s1. The van der Waals surface area contributed by atoms with Crippen molar-refractivity contribution in [1.82, 2.24) is 0 Å². The van der Waals surface area contributed by atoms with Crippen LogP contribution in [0.25, 0.3) is 0 Å². The molecule has 0 bridgehead atoms. The zero-order valence-electron chi connectivity index (χ0n) is 5.29. The normalized spacial score (nSPS) is 29.0. The van der Waals surface area contributed by atoms with E-state index >= 15 is 0 Å². The maximum absolute atomic E-state index is 9.24. The van der Waals surface area contributed by atoms with Crippen LogP contribution in [0, 0.1) is 0 Å². The molecule has 0 radical (unpaired) electrons. The summed E-state index contributed by atoms with van der Waals surface area (Å²) in [6.07, 6.45) is -0.446. The Balaban J connectivity index is 2.50. The first-order chi connectivity index (χ1) is 4.80. The van der Waals surface area contributed by atoms with Gasteiger partial charge in [-0.25, -0.2) is 0 Å². The van der Waals surface area contributed by atoms with Crippen molar-refractivity contribution in [2.24, 2.45) is 0 Å². The van der Waals surface area contributed by atoms with Gasteiger partial charge in [0.05, 0.1) is 11.5 Å². The molecule has 2 heteroatoms. The summed E-state index contributed by atoms with van der Waals surface area (Å²) in [5.41, 5.74) is 2.04. The molecule has 0 saturated heterocycles. The first-order valence-corrected chi connectivity index (χ1v) is 3.65.